The van der Waals surface area contributed by atoms with E-state index in [-0.39, 0.29) is 78.3 Å². The molecule has 8 amide bonds. The van der Waals surface area contributed by atoms with Gasteiger partial charge in [0, 0.05) is 45.8 Å². The molecule has 20 nitrogen and oxygen atoms in total. The summed E-state index contributed by atoms with van der Waals surface area (Å²) in [5.74, 6) is -5.15. The molecule has 0 aliphatic carbocycles. The van der Waals surface area contributed by atoms with Crippen molar-refractivity contribution in [1.29, 1.82) is 0 Å². The fourth-order valence-electron chi connectivity index (χ4n) is 6.70. The molecular weight excluding hydrogens is 724 g/mol. The van der Waals surface area contributed by atoms with Crippen molar-refractivity contribution < 1.29 is 44.1 Å². The van der Waals surface area contributed by atoms with E-state index in [0.717, 1.165) is 33.3 Å². The average Bonchev–Trinajstić information content (AvgIpc) is 3.16. The highest BCUT2D eigenvalue weighted by Gasteiger charge is 2.46. The molecule has 2 unspecified atom stereocenters. The van der Waals surface area contributed by atoms with Gasteiger partial charge in [-0.25, -0.2) is 37.7 Å². The first kappa shape index (κ1) is 44.9. The predicted octanol–water partition coefficient (Wildman–Crippen LogP) is -1.55. The van der Waals surface area contributed by atoms with Crippen molar-refractivity contribution in [3.63, 3.8) is 0 Å². The zero-order valence-electron chi connectivity index (χ0n) is 32.1. The number of barbiturate groups is 2. The predicted molar refractivity (Wildman–Crippen MR) is 196 cm³/mol. The van der Waals surface area contributed by atoms with Gasteiger partial charge in [-0.05, 0) is 19.3 Å². The molecule has 3 rings (SSSR count). The van der Waals surface area contributed by atoms with Crippen molar-refractivity contribution in [3.8, 4) is 0 Å². The molecule has 2 aliphatic heterocycles. The standard InChI is InChI=1S/C35H56N8O12/c1-4-7-10-25-27(47)37(31(51)39(19-22-44)29(25)49)16-13-36(14-17-38-28(48)26(11-8-5-2)30(50)40(20-23-45)32(38)52)15-18-42-33(53)41(12-9-6-3)34(54)43(21-24-46)35(42)55/h25-26,44-46H,4-24H2,1-3H3. The first-order valence-corrected chi connectivity index (χ1v) is 19.2. The molecule has 2 fully saturated rings. The highest BCUT2D eigenvalue weighted by molar-refractivity contribution is 6.16. The van der Waals surface area contributed by atoms with E-state index < -0.39 is 84.4 Å². The summed E-state index contributed by atoms with van der Waals surface area (Å²) in [6, 6.07) is -1.86. The monoisotopic (exact) mass is 780 g/mol. The number of imide groups is 4. The highest BCUT2D eigenvalue weighted by atomic mass is 16.3. The van der Waals surface area contributed by atoms with Crippen molar-refractivity contribution in [1.82, 2.24) is 38.2 Å². The van der Waals surface area contributed by atoms with Crippen LogP contribution in [0.4, 0.5) is 9.59 Å². The number of rotatable bonds is 24. The fraction of sp³-hybridized carbons (Fsp3) is 0.743. The summed E-state index contributed by atoms with van der Waals surface area (Å²) in [5, 5.41) is 28.7. The third kappa shape index (κ3) is 10.4. The van der Waals surface area contributed by atoms with E-state index in [1.807, 2.05) is 20.8 Å². The molecule has 308 valence electrons. The second-order valence-corrected chi connectivity index (χ2v) is 13.6. The first-order chi connectivity index (χ1) is 26.3. The van der Waals surface area contributed by atoms with E-state index in [0.29, 0.717) is 38.5 Å². The lowest BCUT2D eigenvalue weighted by Crippen LogP contribution is -2.62. The van der Waals surface area contributed by atoms with Crippen molar-refractivity contribution in [2.75, 3.05) is 65.6 Å². The van der Waals surface area contributed by atoms with Gasteiger partial charge in [0.05, 0.1) is 39.5 Å². The molecular formula is C35H56N8O12. The number of carbonyl (C=O) groups excluding carboxylic acids is 6. The Morgan fingerprint density at radius 3 is 1.13 bits per heavy atom. The summed E-state index contributed by atoms with van der Waals surface area (Å²) < 4.78 is 2.50. The van der Waals surface area contributed by atoms with Crippen LogP contribution < -0.4 is 17.1 Å². The van der Waals surface area contributed by atoms with Crippen molar-refractivity contribution in [2.24, 2.45) is 11.8 Å². The van der Waals surface area contributed by atoms with Crippen LogP contribution in [0.25, 0.3) is 0 Å². The Morgan fingerprint density at radius 2 is 0.764 bits per heavy atom. The van der Waals surface area contributed by atoms with E-state index in [1.54, 1.807) is 4.90 Å². The van der Waals surface area contributed by atoms with E-state index >= 15 is 0 Å². The van der Waals surface area contributed by atoms with Crippen molar-refractivity contribution in [3.05, 3.63) is 31.5 Å². The van der Waals surface area contributed by atoms with Gasteiger partial charge in [0.2, 0.25) is 23.6 Å². The molecule has 2 aliphatic rings. The molecule has 0 radical (unpaired) electrons. The fourth-order valence-corrected chi connectivity index (χ4v) is 6.70. The Hall–Kier alpha value is -4.53. The van der Waals surface area contributed by atoms with Crippen molar-refractivity contribution >= 4 is 35.7 Å². The van der Waals surface area contributed by atoms with Gasteiger partial charge < -0.3 is 15.3 Å². The molecule has 0 spiro atoms. The lowest BCUT2D eigenvalue weighted by atomic mass is 9.96. The smallest absolute Gasteiger partial charge is 0.336 e. The van der Waals surface area contributed by atoms with Crippen LogP contribution in [-0.4, -0.2) is 155 Å². The summed E-state index contributed by atoms with van der Waals surface area (Å²) in [6.07, 6.45) is 3.87. The summed E-state index contributed by atoms with van der Waals surface area (Å²) in [4.78, 5) is 125. The Balaban J connectivity index is 2.00. The van der Waals surface area contributed by atoms with Crippen LogP contribution in [0.2, 0.25) is 0 Å². The first-order valence-electron chi connectivity index (χ1n) is 19.2. The molecule has 3 N–H and O–H groups in total. The van der Waals surface area contributed by atoms with Gasteiger partial charge >= 0.3 is 29.1 Å². The summed E-state index contributed by atoms with van der Waals surface area (Å²) in [5.41, 5.74) is -2.71. The van der Waals surface area contributed by atoms with Crippen LogP contribution in [0.15, 0.2) is 14.4 Å². The van der Waals surface area contributed by atoms with E-state index in [1.165, 1.54) is 0 Å². The molecule has 55 heavy (non-hydrogen) atoms. The molecule has 3 heterocycles. The van der Waals surface area contributed by atoms with E-state index in [2.05, 4.69) is 0 Å². The number of unbranched alkanes of at least 4 members (excludes halogenated alkanes) is 3. The number of urea groups is 2. The zero-order valence-corrected chi connectivity index (χ0v) is 32.1. The largest absolute Gasteiger partial charge is 0.395 e. The van der Waals surface area contributed by atoms with Crippen molar-refractivity contribution in [2.45, 2.75) is 91.8 Å². The highest BCUT2D eigenvalue weighted by Crippen LogP contribution is 2.24. The molecule has 20 heteroatoms. The summed E-state index contributed by atoms with van der Waals surface area (Å²) in [7, 11) is 0. The minimum atomic E-state index is -1.15. The molecule has 0 aromatic carbocycles. The molecule has 1 aromatic rings. The van der Waals surface area contributed by atoms with Crippen LogP contribution in [0.5, 0.6) is 0 Å². The number of hydrogen-bond acceptors (Lipinski definition) is 13. The van der Waals surface area contributed by atoms with Gasteiger partial charge in [-0.1, -0.05) is 52.9 Å². The zero-order chi connectivity index (χ0) is 40.8. The lowest BCUT2D eigenvalue weighted by Gasteiger charge is -2.39. The number of aromatic nitrogens is 3. The summed E-state index contributed by atoms with van der Waals surface area (Å²) in [6.45, 7) is 1.75. The maximum Gasteiger partial charge on any atom is 0.336 e. The maximum atomic E-state index is 13.6. The summed E-state index contributed by atoms with van der Waals surface area (Å²) >= 11 is 0. The number of carbonyl (C=O) groups is 6. The van der Waals surface area contributed by atoms with E-state index in [4.69, 9.17) is 0 Å². The van der Waals surface area contributed by atoms with Gasteiger partial charge in [0.15, 0.2) is 0 Å². The molecule has 2 saturated heterocycles. The third-order valence-electron chi connectivity index (χ3n) is 9.88. The third-order valence-corrected chi connectivity index (χ3v) is 9.88. The lowest BCUT2D eigenvalue weighted by molar-refractivity contribution is -0.151. The number of aliphatic hydroxyl groups excluding tert-OH is 3. The van der Waals surface area contributed by atoms with Crippen LogP contribution in [0.3, 0.4) is 0 Å². The normalized spacial score (nSPS) is 18.2. The van der Waals surface area contributed by atoms with E-state index in [9.17, 15) is 58.5 Å². The number of nitrogens with zero attached hydrogens (tertiary/aromatic N) is 8. The topological polar surface area (TPSA) is 245 Å². The Kier molecular flexibility index (Phi) is 17.6. The number of hydrogen-bond donors (Lipinski definition) is 3. The second kappa shape index (κ2) is 21.5. The molecule has 2 atom stereocenters. The average molecular weight is 781 g/mol. The number of aliphatic hydroxyl groups is 3. The van der Waals surface area contributed by atoms with Gasteiger partial charge in [0.25, 0.3) is 0 Å². The van der Waals surface area contributed by atoms with Crippen LogP contribution in [0.1, 0.15) is 72.1 Å². The van der Waals surface area contributed by atoms with Crippen LogP contribution in [0, 0.1) is 11.8 Å². The van der Waals surface area contributed by atoms with Gasteiger partial charge in [0.1, 0.15) is 11.8 Å². The molecule has 0 saturated carbocycles. The quantitative estimate of drug-likeness (QED) is 0.101. The molecule has 1 aromatic heterocycles. The Bertz CT molecular complexity index is 1650. The Morgan fingerprint density at radius 1 is 0.436 bits per heavy atom. The number of amides is 8. The number of β-amino-alcohol motifs (C(OH)–C–C–N with tert-alkyl or cyclic N) is 2. The second-order valence-electron chi connectivity index (χ2n) is 13.6. The van der Waals surface area contributed by atoms with Crippen LogP contribution >= 0.6 is 0 Å². The SMILES string of the molecule is CCCCC1C(=O)N(CCO)C(=O)N(CCN(CCN2C(=O)C(CCCC)C(=O)N(CCO)C2=O)CCn2c(=O)n(CCO)c(=O)n(CCCC)c2=O)C1=O. The van der Waals surface area contributed by atoms with Gasteiger partial charge in [-0.15, -0.1) is 0 Å². The minimum absolute atomic E-state index is 0.0203. The van der Waals surface area contributed by atoms with Gasteiger partial charge in [-0.2, -0.15) is 0 Å². The van der Waals surface area contributed by atoms with Crippen LogP contribution in [-0.2, 0) is 38.8 Å². The van der Waals surface area contributed by atoms with Gasteiger partial charge in [-0.3, -0.25) is 43.7 Å². The Labute approximate surface area is 318 Å². The maximum absolute atomic E-state index is 13.6. The minimum Gasteiger partial charge on any atom is -0.395 e. The molecule has 0 bridgehead atoms.